The summed E-state index contributed by atoms with van der Waals surface area (Å²) in [5.74, 6) is 0.336. The van der Waals surface area contributed by atoms with Gasteiger partial charge in [0.05, 0.1) is 18.7 Å². The third kappa shape index (κ3) is 3.82. The summed E-state index contributed by atoms with van der Waals surface area (Å²) in [4.78, 5) is 31.4. The molecule has 7 nitrogen and oxygen atoms in total. The standard InChI is InChI=1S/C18H24N4O3/c1-13(2)6-7-19-17(23)16-20-15(14-5-3-4-8-22(14)16)18(24)21-9-11-25-12-10-21/h3-5,8,13H,6-7,9-12H2,1-2H3,(H,19,23). The predicted octanol–water partition coefficient (Wildman–Crippen LogP) is 1.58. The maximum atomic E-state index is 12.8. The van der Waals surface area contributed by atoms with Gasteiger partial charge in [-0.15, -0.1) is 0 Å². The lowest BCUT2D eigenvalue weighted by Gasteiger charge is -2.26. The number of fused-ring (bicyclic) bond motifs is 1. The van der Waals surface area contributed by atoms with E-state index in [9.17, 15) is 9.59 Å². The Morgan fingerprint density at radius 2 is 2.04 bits per heavy atom. The van der Waals surface area contributed by atoms with Crippen molar-refractivity contribution in [2.24, 2.45) is 5.92 Å². The number of imidazole rings is 1. The minimum absolute atomic E-state index is 0.159. The molecule has 1 aliphatic rings. The maximum absolute atomic E-state index is 12.8. The zero-order valence-electron chi connectivity index (χ0n) is 14.7. The fourth-order valence-electron chi connectivity index (χ4n) is 2.83. The van der Waals surface area contributed by atoms with Crippen molar-refractivity contribution in [2.45, 2.75) is 20.3 Å². The quantitative estimate of drug-likeness (QED) is 0.893. The largest absolute Gasteiger partial charge is 0.378 e. The molecule has 1 N–H and O–H groups in total. The Morgan fingerprint density at radius 3 is 2.76 bits per heavy atom. The molecule has 134 valence electrons. The van der Waals surface area contributed by atoms with E-state index in [1.54, 1.807) is 15.5 Å². The van der Waals surface area contributed by atoms with Gasteiger partial charge in [0.1, 0.15) is 0 Å². The van der Waals surface area contributed by atoms with Crippen LogP contribution in [0.25, 0.3) is 5.52 Å². The van der Waals surface area contributed by atoms with Crippen LogP contribution in [-0.2, 0) is 4.74 Å². The van der Waals surface area contributed by atoms with Crippen molar-refractivity contribution >= 4 is 17.3 Å². The second-order valence-electron chi connectivity index (χ2n) is 6.58. The van der Waals surface area contributed by atoms with Gasteiger partial charge in [0.2, 0.25) is 5.82 Å². The van der Waals surface area contributed by atoms with Crippen molar-refractivity contribution in [3.8, 4) is 0 Å². The van der Waals surface area contributed by atoms with Gasteiger partial charge >= 0.3 is 0 Å². The van der Waals surface area contributed by atoms with Crippen LogP contribution in [0.5, 0.6) is 0 Å². The molecule has 1 fully saturated rings. The number of nitrogens with one attached hydrogen (secondary N) is 1. The fourth-order valence-corrected chi connectivity index (χ4v) is 2.83. The normalized spacial score (nSPS) is 14.9. The summed E-state index contributed by atoms with van der Waals surface area (Å²) in [5, 5.41) is 2.89. The molecule has 2 amide bonds. The molecule has 0 unspecified atom stereocenters. The average Bonchev–Trinajstić information content (AvgIpc) is 3.01. The van der Waals surface area contributed by atoms with Crippen LogP contribution >= 0.6 is 0 Å². The number of amides is 2. The summed E-state index contributed by atoms with van der Waals surface area (Å²) < 4.78 is 6.98. The van der Waals surface area contributed by atoms with E-state index in [0.717, 1.165) is 6.42 Å². The van der Waals surface area contributed by atoms with E-state index in [4.69, 9.17) is 4.74 Å². The van der Waals surface area contributed by atoms with Gasteiger partial charge in [-0.05, 0) is 24.5 Å². The molecule has 3 heterocycles. The van der Waals surface area contributed by atoms with Crippen molar-refractivity contribution in [3.63, 3.8) is 0 Å². The van der Waals surface area contributed by atoms with E-state index in [1.807, 2.05) is 18.2 Å². The van der Waals surface area contributed by atoms with Gasteiger partial charge in [0, 0.05) is 25.8 Å². The maximum Gasteiger partial charge on any atom is 0.287 e. The highest BCUT2D eigenvalue weighted by molar-refractivity contribution is 6.02. The van der Waals surface area contributed by atoms with Gasteiger partial charge in [-0.25, -0.2) is 4.98 Å². The van der Waals surface area contributed by atoms with E-state index in [2.05, 4.69) is 24.1 Å². The lowest BCUT2D eigenvalue weighted by atomic mass is 10.1. The van der Waals surface area contributed by atoms with Crippen molar-refractivity contribution < 1.29 is 14.3 Å². The number of pyridine rings is 1. The molecule has 2 aromatic heterocycles. The minimum atomic E-state index is -0.261. The Labute approximate surface area is 147 Å². The van der Waals surface area contributed by atoms with Crippen molar-refractivity contribution in [1.29, 1.82) is 0 Å². The number of carbonyl (C=O) groups is 2. The molecule has 0 atom stereocenters. The summed E-state index contributed by atoms with van der Waals surface area (Å²) in [6.45, 7) is 6.94. The lowest BCUT2D eigenvalue weighted by molar-refractivity contribution is 0.0300. The van der Waals surface area contributed by atoms with Crippen LogP contribution in [-0.4, -0.2) is 58.9 Å². The highest BCUT2D eigenvalue weighted by atomic mass is 16.5. The molecule has 1 aliphatic heterocycles. The highest BCUT2D eigenvalue weighted by Crippen LogP contribution is 2.16. The van der Waals surface area contributed by atoms with Gasteiger partial charge < -0.3 is 15.0 Å². The van der Waals surface area contributed by atoms with Crippen LogP contribution in [0, 0.1) is 5.92 Å². The SMILES string of the molecule is CC(C)CCNC(=O)c1nc(C(=O)N2CCOCC2)c2ccccn12. The molecular weight excluding hydrogens is 320 g/mol. The van der Waals surface area contributed by atoms with Gasteiger partial charge in [-0.2, -0.15) is 0 Å². The molecule has 0 bridgehead atoms. The number of aromatic nitrogens is 2. The summed E-state index contributed by atoms with van der Waals surface area (Å²) in [6.07, 6.45) is 2.66. The highest BCUT2D eigenvalue weighted by Gasteiger charge is 2.26. The number of carbonyl (C=O) groups excluding carboxylic acids is 2. The zero-order valence-corrected chi connectivity index (χ0v) is 14.7. The minimum Gasteiger partial charge on any atom is -0.378 e. The Bertz CT molecular complexity index is 763. The predicted molar refractivity (Wildman–Crippen MR) is 93.7 cm³/mol. The first-order valence-electron chi connectivity index (χ1n) is 8.70. The van der Waals surface area contributed by atoms with Crippen LogP contribution in [0.3, 0.4) is 0 Å². The molecule has 25 heavy (non-hydrogen) atoms. The Morgan fingerprint density at radius 1 is 1.28 bits per heavy atom. The molecule has 0 saturated carbocycles. The summed E-state index contributed by atoms with van der Waals surface area (Å²) in [5.41, 5.74) is 0.963. The van der Waals surface area contributed by atoms with E-state index in [-0.39, 0.29) is 17.6 Å². The van der Waals surface area contributed by atoms with Crippen molar-refractivity contribution in [1.82, 2.24) is 19.6 Å². The molecule has 0 spiro atoms. The molecule has 0 aliphatic carbocycles. The monoisotopic (exact) mass is 344 g/mol. The zero-order chi connectivity index (χ0) is 17.8. The number of hydrogen-bond acceptors (Lipinski definition) is 4. The Hall–Kier alpha value is -2.41. The first kappa shape index (κ1) is 17.4. The Balaban J connectivity index is 1.87. The summed E-state index contributed by atoms with van der Waals surface area (Å²) >= 11 is 0. The third-order valence-corrected chi connectivity index (χ3v) is 4.26. The number of hydrogen-bond donors (Lipinski definition) is 1. The topological polar surface area (TPSA) is 75.9 Å². The van der Waals surface area contributed by atoms with Gasteiger partial charge in [0.25, 0.3) is 11.8 Å². The number of morpholine rings is 1. The molecule has 1 saturated heterocycles. The second-order valence-corrected chi connectivity index (χ2v) is 6.58. The second kappa shape index (κ2) is 7.65. The first-order chi connectivity index (χ1) is 12.1. The third-order valence-electron chi connectivity index (χ3n) is 4.26. The summed E-state index contributed by atoms with van der Waals surface area (Å²) in [6, 6.07) is 5.47. The van der Waals surface area contributed by atoms with Crippen molar-refractivity contribution in [3.05, 3.63) is 35.9 Å². The Kier molecular flexibility index (Phi) is 5.33. The summed E-state index contributed by atoms with van der Waals surface area (Å²) in [7, 11) is 0. The first-order valence-corrected chi connectivity index (χ1v) is 8.70. The van der Waals surface area contributed by atoms with E-state index in [1.165, 1.54) is 0 Å². The van der Waals surface area contributed by atoms with Crippen LogP contribution in [0.2, 0.25) is 0 Å². The number of ether oxygens (including phenoxy) is 1. The van der Waals surface area contributed by atoms with Crippen LogP contribution < -0.4 is 5.32 Å². The van der Waals surface area contributed by atoms with Gasteiger partial charge in [-0.3, -0.25) is 14.0 Å². The molecular formula is C18H24N4O3. The number of rotatable bonds is 5. The lowest BCUT2D eigenvalue weighted by Crippen LogP contribution is -2.41. The van der Waals surface area contributed by atoms with Crippen LogP contribution in [0.15, 0.2) is 24.4 Å². The molecule has 7 heteroatoms. The van der Waals surface area contributed by atoms with Gasteiger partial charge in [-0.1, -0.05) is 19.9 Å². The fraction of sp³-hybridized carbons (Fsp3) is 0.500. The van der Waals surface area contributed by atoms with Gasteiger partial charge in [0.15, 0.2) is 5.69 Å². The number of nitrogens with zero attached hydrogens (tertiary/aromatic N) is 3. The van der Waals surface area contributed by atoms with E-state index >= 15 is 0 Å². The molecule has 2 aromatic rings. The molecule has 3 rings (SSSR count). The smallest absolute Gasteiger partial charge is 0.287 e. The van der Waals surface area contributed by atoms with E-state index < -0.39 is 0 Å². The van der Waals surface area contributed by atoms with Crippen molar-refractivity contribution in [2.75, 3.05) is 32.8 Å². The van der Waals surface area contributed by atoms with Crippen LogP contribution in [0.4, 0.5) is 0 Å². The average molecular weight is 344 g/mol. The molecule has 0 radical (unpaired) electrons. The van der Waals surface area contributed by atoms with E-state index in [0.29, 0.717) is 50.0 Å². The van der Waals surface area contributed by atoms with Crippen LogP contribution in [0.1, 0.15) is 41.4 Å². The molecule has 0 aromatic carbocycles.